The Labute approximate surface area is 90.3 Å². The average Bonchev–Trinajstić information content (AvgIpc) is 1.97. The van der Waals surface area contributed by atoms with Gasteiger partial charge < -0.3 is 9.59 Å². The summed E-state index contributed by atoms with van der Waals surface area (Å²) in [5, 5.41) is 10.4. The fourth-order valence-electron chi connectivity index (χ4n) is 1.35. The Balaban J connectivity index is 3.04. The van der Waals surface area contributed by atoms with Gasteiger partial charge >= 0.3 is 0 Å². The Bertz CT molecular complexity index is 342. The van der Waals surface area contributed by atoms with Crippen LogP contribution in [0.4, 0.5) is 0 Å². The lowest BCUT2D eigenvalue weighted by Crippen LogP contribution is -2.33. The van der Waals surface area contributed by atoms with Crippen molar-refractivity contribution in [1.82, 2.24) is 0 Å². The molecular formula is C11H17ClNO+. The fraction of sp³-hybridized carbons (Fsp3) is 0.455. The van der Waals surface area contributed by atoms with Crippen molar-refractivity contribution in [3.8, 4) is 5.75 Å². The Morgan fingerprint density at radius 2 is 1.86 bits per heavy atom. The minimum absolute atomic E-state index is 0.333. The third-order valence-corrected chi connectivity index (χ3v) is 2.41. The Morgan fingerprint density at radius 1 is 1.29 bits per heavy atom. The van der Waals surface area contributed by atoms with Crippen LogP contribution in [0, 0.1) is 6.92 Å². The SMILES string of the molecule is Cc1cc(O)c(C[N+](C)(C)C)cc1Cl. The summed E-state index contributed by atoms with van der Waals surface area (Å²) in [5.41, 5.74) is 1.81. The largest absolute Gasteiger partial charge is 0.507 e. The lowest BCUT2D eigenvalue weighted by Gasteiger charge is -2.24. The van der Waals surface area contributed by atoms with Crippen LogP contribution in [-0.4, -0.2) is 30.7 Å². The molecule has 0 saturated heterocycles. The topological polar surface area (TPSA) is 20.2 Å². The lowest BCUT2D eigenvalue weighted by molar-refractivity contribution is -0.884. The van der Waals surface area contributed by atoms with E-state index in [1.54, 1.807) is 6.07 Å². The van der Waals surface area contributed by atoms with Crippen LogP contribution >= 0.6 is 11.6 Å². The van der Waals surface area contributed by atoms with Gasteiger partial charge in [-0.1, -0.05) is 11.6 Å². The second-order valence-corrected chi connectivity index (χ2v) is 5.09. The molecule has 0 heterocycles. The van der Waals surface area contributed by atoms with Crippen LogP contribution in [0.2, 0.25) is 5.02 Å². The Kier molecular flexibility index (Phi) is 3.07. The standard InChI is InChI=1S/C11H16ClNO/c1-8-5-11(14)9(6-10(8)12)7-13(2,3)4/h5-6H,7H2,1-4H3/p+1. The van der Waals surface area contributed by atoms with E-state index in [1.165, 1.54) is 0 Å². The number of hydrogen-bond donors (Lipinski definition) is 1. The van der Waals surface area contributed by atoms with E-state index in [9.17, 15) is 5.11 Å². The van der Waals surface area contributed by atoms with Crippen molar-refractivity contribution in [3.05, 3.63) is 28.3 Å². The molecule has 1 rings (SSSR count). The molecule has 1 aromatic rings. The van der Waals surface area contributed by atoms with E-state index in [2.05, 4.69) is 21.1 Å². The number of phenolic OH excluding ortho intramolecular Hbond substituents is 1. The number of quaternary nitrogens is 1. The molecule has 0 aromatic heterocycles. The van der Waals surface area contributed by atoms with Gasteiger partial charge in [0.25, 0.3) is 0 Å². The number of aromatic hydroxyl groups is 1. The molecule has 0 amide bonds. The minimum atomic E-state index is 0.333. The summed E-state index contributed by atoms with van der Waals surface area (Å²) in [6, 6.07) is 3.56. The van der Waals surface area contributed by atoms with Crippen molar-refractivity contribution in [2.75, 3.05) is 21.1 Å². The molecule has 78 valence electrons. The first-order chi connectivity index (χ1) is 6.29. The van der Waals surface area contributed by atoms with E-state index in [-0.39, 0.29) is 0 Å². The highest BCUT2D eigenvalue weighted by Crippen LogP contribution is 2.27. The molecule has 2 nitrogen and oxygen atoms in total. The van der Waals surface area contributed by atoms with Gasteiger partial charge in [-0.05, 0) is 24.6 Å². The lowest BCUT2D eigenvalue weighted by atomic mass is 10.1. The zero-order chi connectivity index (χ0) is 10.9. The first-order valence-corrected chi connectivity index (χ1v) is 4.96. The van der Waals surface area contributed by atoms with Gasteiger partial charge in [0.05, 0.1) is 21.1 Å². The molecular weight excluding hydrogens is 198 g/mol. The maximum Gasteiger partial charge on any atom is 0.124 e. The third kappa shape index (κ3) is 2.89. The summed E-state index contributed by atoms with van der Waals surface area (Å²) in [5.74, 6) is 0.333. The highest BCUT2D eigenvalue weighted by molar-refractivity contribution is 6.31. The molecule has 0 unspecified atom stereocenters. The second-order valence-electron chi connectivity index (χ2n) is 4.68. The van der Waals surface area contributed by atoms with Crippen molar-refractivity contribution >= 4 is 11.6 Å². The van der Waals surface area contributed by atoms with Crippen molar-refractivity contribution in [2.24, 2.45) is 0 Å². The highest BCUT2D eigenvalue weighted by atomic mass is 35.5. The molecule has 3 heteroatoms. The third-order valence-electron chi connectivity index (χ3n) is 2.00. The van der Waals surface area contributed by atoms with E-state index >= 15 is 0 Å². The molecule has 1 aromatic carbocycles. The van der Waals surface area contributed by atoms with Crippen molar-refractivity contribution in [1.29, 1.82) is 0 Å². The maximum absolute atomic E-state index is 9.71. The van der Waals surface area contributed by atoms with Gasteiger partial charge in [0.1, 0.15) is 12.3 Å². The number of rotatable bonds is 2. The fourth-order valence-corrected chi connectivity index (χ4v) is 1.53. The zero-order valence-corrected chi connectivity index (χ0v) is 9.89. The summed E-state index contributed by atoms with van der Waals surface area (Å²) in [7, 11) is 6.23. The maximum atomic E-state index is 9.71. The smallest absolute Gasteiger partial charge is 0.124 e. The summed E-state index contributed by atoms with van der Waals surface area (Å²) in [4.78, 5) is 0. The van der Waals surface area contributed by atoms with Gasteiger partial charge in [0.2, 0.25) is 0 Å². The molecule has 14 heavy (non-hydrogen) atoms. The summed E-state index contributed by atoms with van der Waals surface area (Å²) in [6.45, 7) is 2.66. The zero-order valence-electron chi connectivity index (χ0n) is 9.13. The molecule has 0 aliphatic rings. The number of aryl methyl sites for hydroxylation is 1. The van der Waals surface area contributed by atoms with Crippen LogP contribution in [0.1, 0.15) is 11.1 Å². The molecule has 0 saturated carbocycles. The molecule has 0 fully saturated rings. The van der Waals surface area contributed by atoms with Crippen LogP contribution < -0.4 is 0 Å². The molecule has 0 aliphatic heterocycles. The number of nitrogens with zero attached hydrogens (tertiary/aromatic N) is 1. The van der Waals surface area contributed by atoms with Crippen molar-refractivity contribution < 1.29 is 9.59 Å². The van der Waals surface area contributed by atoms with E-state index in [0.29, 0.717) is 10.8 Å². The number of halogens is 1. The number of phenols is 1. The predicted molar refractivity (Wildman–Crippen MR) is 59.6 cm³/mol. The van der Waals surface area contributed by atoms with Crippen LogP contribution in [0.5, 0.6) is 5.75 Å². The van der Waals surface area contributed by atoms with Crippen LogP contribution in [-0.2, 0) is 6.54 Å². The molecule has 0 atom stereocenters. The van der Waals surface area contributed by atoms with Crippen molar-refractivity contribution in [3.63, 3.8) is 0 Å². The first-order valence-electron chi connectivity index (χ1n) is 4.58. The van der Waals surface area contributed by atoms with E-state index < -0.39 is 0 Å². The van der Waals surface area contributed by atoms with Gasteiger partial charge in [-0.2, -0.15) is 0 Å². The van der Waals surface area contributed by atoms with E-state index in [4.69, 9.17) is 11.6 Å². The normalized spacial score (nSPS) is 11.8. The van der Waals surface area contributed by atoms with Crippen molar-refractivity contribution in [2.45, 2.75) is 13.5 Å². The van der Waals surface area contributed by atoms with E-state index in [0.717, 1.165) is 22.2 Å². The first kappa shape index (κ1) is 11.3. The summed E-state index contributed by atoms with van der Waals surface area (Å²) < 4.78 is 0.771. The predicted octanol–water partition coefficient (Wildman–Crippen LogP) is 2.56. The van der Waals surface area contributed by atoms with Gasteiger partial charge in [0, 0.05) is 10.6 Å². The van der Waals surface area contributed by atoms with E-state index in [1.807, 2.05) is 13.0 Å². The Morgan fingerprint density at radius 3 is 2.36 bits per heavy atom. The second kappa shape index (κ2) is 3.79. The molecule has 0 spiro atoms. The molecule has 0 aliphatic carbocycles. The monoisotopic (exact) mass is 214 g/mol. The molecule has 0 radical (unpaired) electrons. The van der Waals surface area contributed by atoms with Crippen LogP contribution in [0.3, 0.4) is 0 Å². The minimum Gasteiger partial charge on any atom is -0.507 e. The number of hydrogen-bond acceptors (Lipinski definition) is 1. The van der Waals surface area contributed by atoms with Crippen LogP contribution in [0.15, 0.2) is 12.1 Å². The summed E-state index contributed by atoms with van der Waals surface area (Å²) in [6.07, 6.45) is 0. The van der Waals surface area contributed by atoms with Gasteiger partial charge in [0.15, 0.2) is 0 Å². The number of benzene rings is 1. The molecule has 1 N–H and O–H groups in total. The highest BCUT2D eigenvalue weighted by Gasteiger charge is 2.13. The quantitative estimate of drug-likeness (QED) is 0.751. The van der Waals surface area contributed by atoms with Gasteiger partial charge in [-0.15, -0.1) is 0 Å². The summed E-state index contributed by atoms with van der Waals surface area (Å²) >= 11 is 6.00. The Hall–Kier alpha value is -0.730. The van der Waals surface area contributed by atoms with Gasteiger partial charge in [-0.25, -0.2) is 0 Å². The average molecular weight is 215 g/mol. The van der Waals surface area contributed by atoms with Gasteiger partial charge in [-0.3, -0.25) is 0 Å². The van der Waals surface area contributed by atoms with Crippen LogP contribution in [0.25, 0.3) is 0 Å². The molecule has 0 bridgehead atoms.